The number of hydrogen-bond donors (Lipinski definition) is 1. The maximum atomic E-state index is 12.0. The average molecular weight is 381 g/mol. The molecule has 2 amide bonds. The number of benzene rings is 1. The summed E-state index contributed by atoms with van der Waals surface area (Å²) in [7, 11) is 3.29. The molecule has 0 aliphatic heterocycles. The van der Waals surface area contributed by atoms with E-state index < -0.39 is 6.04 Å². The Kier molecular flexibility index (Phi) is 5.40. The molecule has 1 N–H and O–H groups in total. The highest BCUT2D eigenvalue weighted by molar-refractivity contribution is 14.1. The molecule has 1 rings (SSSR count). The van der Waals surface area contributed by atoms with Gasteiger partial charge in [0.05, 0.1) is 5.56 Å². The summed E-state index contributed by atoms with van der Waals surface area (Å²) in [6, 6.07) is 4.50. The second-order valence-corrected chi connectivity index (χ2v) is 5.65. The first-order valence-corrected chi connectivity index (χ1v) is 6.75. The smallest absolute Gasteiger partial charge is 0.253 e. The Bertz CT molecular complexity index is 477. The summed E-state index contributed by atoms with van der Waals surface area (Å²) >= 11 is 7.91. The Labute approximate surface area is 125 Å². The molecule has 1 atom stereocenters. The van der Waals surface area contributed by atoms with Crippen LogP contribution in [0.2, 0.25) is 5.02 Å². The minimum atomic E-state index is -0.567. The SMILES string of the molecule is C[C@H](NC(=O)c1cc(Cl)ccc1I)C(=O)N(C)C. The van der Waals surface area contributed by atoms with Gasteiger partial charge in [-0.15, -0.1) is 0 Å². The van der Waals surface area contributed by atoms with Gasteiger partial charge in [0, 0.05) is 22.7 Å². The number of carbonyl (C=O) groups excluding carboxylic acids is 2. The minimum absolute atomic E-state index is 0.152. The average Bonchev–Trinajstić information content (AvgIpc) is 2.30. The first-order chi connectivity index (χ1) is 8.32. The maximum Gasteiger partial charge on any atom is 0.253 e. The van der Waals surface area contributed by atoms with Crippen LogP contribution >= 0.6 is 34.2 Å². The van der Waals surface area contributed by atoms with E-state index in [2.05, 4.69) is 27.9 Å². The third-order valence-corrected chi connectivity index (χ3v) is 3.51. The van der Waals surface area contributed by atoms with Crippen LogP contribution in [0.15, 0.2) is 18.2 Å². The predicted molar refractivity (Wildman–Crippen MR) is 79.8 cm³/mol. The molecule has 0 fully saturated rings. The standard InChI is InChI=1S/C12H14ClIN2O2/c1-7(12(18)16(2)3)15-11(17)9-6-8(13)4-5-10(9)14/h4-7H,1-3H3,(H,15,17)/t7-/m0/s1. The fraction of sp³-hybridized carbons (Fsp3) is 0.333. The molecule has 0 saturated carbocycles. The summed E-state index contributed by atoms with van der Waals surface area (Å²) in [5.74, 6) is -0.454. The number of rotatable bonds is 3. The van der Waals surface area contributed by atoms with E-state index in [9.17, 15) is 9.59 Å². The van der Waals surface area contributed by atoms with E-state index in [1.807, 2.05) is 0 Å². The van der Waals surface area contributed by atoms with Gasteiger partial charge in [0.15, 0.2) is 0 Å². The molecule has 0 unspecified atom stereocenters. The highest BCUT2D eigenvalue weighted by Gasteiger charge is 2.19. The number of carbonyl (C=O) groups is 2. The van der Waals surface area contributed by atoms with Crippen LogP contribution in [0.1, 0.15) is 17.3 Å². The Morgan fingerprint density at radius 3 is 2.56 bits per heavy atom. The van der Waals surface area contributed by atoms with Crippen molar-refractivity contribution in [1.29, 1.82) is 0 Å². The molecule has 0 aliphatic carbocycles. The number of nitrogens with zero attached hydrogens (tertiary/aromatic N) is 1. The third kappa shape index (κ3) is 3.84. The largest absolute Gasteiger partial charge is 0.347 e. The lowest BCUT2D eigenvalue weighted by atomic mass is 10.2. The topological polar surface area (TPSA) is 49.4 Å². The van der Waals surface area contributed by atoms with E-state index in [0.717, 1.165) is 3.57 Å². The van der Waals surface area contributed by atoms with Gasteiger partial charge in [-0.3, -0.25) is 9.59 Å². The van der Waals surface area contributed by atoms with Gasteiger partial charge in [-0.25, -0.2) is 0 Å². The van der Waals surface area contributed by atoms with Crippen molar-refractivity contribution in [2.75, 3.05) is 14.1 Å². The van der Waals surface area contributed by atoms with Crippen molar-refractivity contribution in [2.45, 2.75) is 13.0 Å². The van der Waals surface area contributed by atoms with Crippen molar-refractivity contribution in [3.05, 3.63) is 32.4 Å². The van der Waals surface area contributed by atoms with Gasteiger partial charge in [0.2, 0.25) is 5.91 Å². The van der Waals surface area contributed by atoms with Gasteiger partial charge in [-0.2, -0.15) is 0 Å². The van der Waals surface area contributed by atoms with Crippen LogP contribution in [0.4, 0.5) is 0 Å². The van der Waals surface area contributed by atoms with Crippen molar-refractivity contribution in [1.82, 2.24) is 10.2 Å². The van der Waals surface area contributed by atoms with Crippen LogP contribution in [-0.2, 0) is 4.79 Å². The molecule has 0 aliphatic rings. The molecule has 0 spiro atoms. The first-order valence-electron chi connectivity index (χ1n) is 5.30. The summed E-state index contributed by atoms with van der Waals surface area (Å²) in [5, 5.41) is 3.14. The van der Waals surface area contributed by atoms with Crippen LogP contribution in [-0.4, -0.2) is 36.9 Å². The molecule has 0 bridgehead atoms. The van der Waals surface area contributed by atoms with Crippen molar-refractivity contribution in [3.8, 4) is 0 Å². The van der Waals surface area contributed by atoms with Gasteiger partial charge < -0.3 is 10.2 Å². The lowest BCUT2D eigenvalue weighted by Crippen LogP contribution is -2.44. The second kappa shape index (κ2) is 6.38. The van der Waals surface area contributed by atoms with Crippen molar-refractivity contribution >= 4 is 46.0 Å². The zero-order chi connectivity index (χ0) is 13.9. The van der Waals surface area contributed by atoms with Crippen molar-refractivity contribution in [3.63, 3.8) is 0 Å². The van der Waals surface area contributed by atoms with Crippen LogP contribution in [0, 0.1) is 3.57 Å². The number of hydrogen-bond acceptors (Lipinski definition) is 2. The number of likely N-dealkylation sites (N-methyl/N-ethyl adjacent to an activating group) is 1. The molecule has 0 radical (unpaired) electrons. The Hall–Kier alpha value is -0.820. The zero-order valence-electron chi connectivity index (χ0n) is 10.3. The van der Waals surface area contributed by atoms with Gasteiger partial charge in [-0.05, 0) is 47.7 Å². The summed E-state index contributed by atoms with van der Waals surface area (Å²) < 4.78 is 0.791. The van der Waals surface area contributed by atoms with Crippen LogP contribution in [0.5, 0.6) is 0 Å². The minimum Gasteiger partial charge on any atom is -0.347 e. The second-order valence-electron chi connectivity index (χ2n) is 4.05. The van der Waals surface area contributed by atoms with E-state index in [4.69, 9.17) is 11.6 Å². The zero-order valence-corrected chi connectivity index (χ0v) is 13.2. The van der Waals surface area contributed by atoms with Crippen molar-refractivity contribution < 1.29 is 9.59 Å². The lowest BCUT2D eigenvalue weighted by molar-refractivity contribution is -0.130. The van der Waals surface area contributed by atoms with Gasteiger partial charge in [0.25, 0.3) is 5.91 Å². The van der Waals surface area contributed by atoms with Crippen LogP contribution < -0.4 is 5.32 Å². The van der Waals surface area contributed by atoms with E-state index in [1.165, 1.54) is 4.90 Å². The van der Waals surface area contributed by atoms with Crippen LogP contribution in [0.3, 0.4) is 0 Å². The number of amides is 2. The van der Waals surface area contributed by atoms with E-state index in [0.29, 0.717) is 10.6 Å². The summed E-state index contributed by atoms with van der Waals surface area (Å²) in [4.78, 5) is 25.1. The Morgan fingerprint density at radius 2 is 2.00 bits per heavy atom. The molecule has 18 heavy (non-hydrogen) atoms. The third-order valence-electron chi connectivity index (χ3n) is 2.33. The normalized spacial score (nSPS) is 11.8. The molecule has 4 nitrogen and oxygen atoms in total. The highest BCUT2D eigenvalue weighted by atomic mass is 127. The van der Waals surface area contributed by atoms with Gasteiger partial charge in [-0.1, -0.05) is 11.6 Å². The predicted octanol–water partition coefficient (Wildman–Crippen LogP) is 2.15. The van der Waals surface area contributed by atoms with E-state index >= 15 is 0 Å². The molecular weight excluding hydrogens is 367 g/mol. The molecule has 0 heterocycles. The van der Waals surface area contributed by atoms with Gasteiger partial charge in [0.1, 0.15) is 6.04 Å². The van der Waals surface area contributed by atoms with Gasteiger partial charge >= 0.3 is 0 Å². The summed E-state index contributed by atoms with van der Waals surface area (Å²) in [5.41, 5.74) is 0.474. The summed E-state index contributed by atoms with van der Waals surface area (Å²) in [6.07, 6.45) is 0. The molecular formula is C12H14ClIN2O2. The van der Waals surface area contributed by atoms with E-state index in [-0.39, 0.29) is 11.8 Å². The number of halogens is 2. The monoisotopic (exact) mass is 380 g/mol. The molecule has 6 heteroatoms. The quantitative estimate of drug-likeness (QED) is 0.817. The maximum absolute atomic E-state index is 12.0. The molecule has 1 aromatic carbocycles. The Morgan fingerprint density at radius 1 is 1.39 bits per heavy atom. The lowest BCUT2D eigenvalue weighted by Gasteiger charge is -2.18. The molecule has 0 saturated heterocycles. The highest BCUT2D eigenvalue weighted by Crippen LogP contribution is 2.17. The molecule has 0 aromatic heterocycles. The molecule has 1 aromatic rings. The number of nitrogens with one attached hydrogen (secondary N) is 1. The Balaban J connectivity index is 2.83. The fourth-order valence-electron chi connectivity index (χ4n) is 1.39. The molecule has 98 valence electrons. The van der Waals surface area contributed by atoms with E-state index in [1.54, 1.807) is 39.2 Å². The summed E-state index contributed by atoms with van der Waals surface area (Å²) in [6.45, 7) is 1.65. The fourth-order valence-corrected chi connectivity index (χ4v) is 2.15. The first kappa shape index (κ1) is 15.2. The van der Waals surface area contributed by atoms with Crippen LogP contribution in [0.25, 0.3) is 0 Å². The van der Waals surface area contributed by atoms with Crippen molar-refractivity contribution in [2.24, 2.45) is 0 Å².